The molecule has 0 fully saturated rings. The number of halogens is 1. The molecular formula is C15H17BrO4. The summed E-state index contributed by atoms with van der Waals surface area (Å²) in [6.07, 6.45) is 1.55. The molecule has 0 heterocycles. The molecule has 0 aliphatic rings. The zero-order valence-corrected chi connectivity index (χ0v) is 13.1. The Morgan fingerprint density at radius 3 is 2.25 bits per heavy atom. The van der Waals surface area contributed by atoms with Crippen LogP contribution in [0, 0.1) is 0 Å². The van der Waals surface area contributed by atoms with Crippen molar-refractivity contribution in [1.29, 1.82) is 0 Å². The lowest BCUT2D eigenvalue weighted by atomic mass is 10.1. The monoisotopic (exact) mass is 340 g/mol. The van der Waals surface area contributed by atoms with E-state index in [1.54, 1.807) is 19.9 Å². The third kappa shape index (κ3) is 5.57. The fourth-order valence-electron chi connectivity index (χ4n) is 1.53. The number of benzene rings is 1. The summed E-state index contributed by atoms with van der Waals surface area (Å²) in [5.41, 5.74) is 1.10. The van der Waals surface area contributed by atoms with Gasteiger partial charge in [-0.25, -0.2) is 4.79 Å². The van der Waals surface area contributed by atoms with Crippen LogP contribution in [0.2, 0.25) is 0 Å². The molecule has 0 spiro atoms. The van der Waals surface area contributed by atoms with Crippen LogP contribution in [0.25, 0.3) is 6.08 Å². The van der Waals surface area contributed by atoms with E-state index in [1.165, 1.54) is 0 Å². The smallest absolute Gasteiger partial charge is 0.334 e. The summed E-state index contributed by atoms with van der Waals surface area (Å²) < 4.78 is 10.8. The van der Waals surface area contributed by atoms with Crippen LogP contribution in [0.1, 0.15) is 25.8 Å². The third-order valence-electron chi connectivity index (χ3n) is 2.39. The molecular weight excluding hydrogens is 324 g/mol. The van der Waals surface area contributed by atoms with E-state index in [1.807, 2.05) is 24.3 Å². The van der Waals surface area contributed by atoms with Crippen molar-refractivity contribution in [2.45, 2.75) is 20.3 Å². The number of esters is 2. The van der Waals surface area contributed by atoms with Crippen molar-refractivity contribution >= 4 is 33.9 Å². The second kappa shape index (κ2) is 8.53. The molecule has 4 nitrogen and oxygen atoms in total. The summed E-state index contributed by atoms with van der Waals surface area (Å²) in [4.78, 5) is 23.4. The van der Waals surface area contributed by atoms with E-state index in [0.29, 0.717) is 0 Å². The summed E-state index contributed by atoms with van der Waals surface area (Å²) >= 11 is 3.34. The van der Waals surface area contributed by atoms with E-state index in [0.717, 1.165) is 10.0 Å². The SMILES string of the molecule is CCOC(=O)CC(=Cc1ccc(Br)cc1)C(=O)OCC. The highest BCUT2D eigenvalue weighted by Crippen LogP contribution is 2.16. The fourth-order valence-corrected chi connectivity index (χ4v) is 1.80. The van der Waals surface area contributed by atoms with Crippen molar-refractivity contribution in [1.82, 2.24) is 0 Å². The number of hydrogen-bond acceptors (Lipinski definition) is 4. The molecule has 0 amide bonds. The van der Waals surface area contributed by atoms with Gasteiger partial charge < -0.3 is 9.47 Å². The van der Waals surface area contributed by atoms with Gasteiger partial charge in [0.1, 0.15) is 0 Å². The Balaban J connectivity index is 2.93. The van der Waals surface area contributed by atoms with Crippen LogP contribution in [0.4, 0.5) is 0 Å². The zero-order chi connectivity index (χ0) is 15.0. The van der Waals surface area contributed by atoms with E-state index in [9.17, 15) is 9.59 Å². The van der Waals surface area contributed by atoms with Gasteiger partial charge in [-0.3, -0.25) is 4.79 Å². The maximum Gasteiger partial charge on any atom is 0.334 e. The van der Waals surface area contributed by atoms with Gasteiger partial charge in [-0.2, -0.15) is 0 Å². The van der Waals surface area contributed by atoms with Gasteiger partial charge >= 0.3 is 11.9 Å². The Labute approximate surface area is 126 Å². The maximum absolute atomic E-state index is 11.8. The molecule has 0 bridgehead atoms. The Hall–Kier alpha value is -1.62. The molecule has 0 radical (unpaired) electrons. The van der Waals surface area contributed by atoms with Gasteiger partial charge in [-0.05, 0) is 37.6 Å². The van der Waals surface area contributed by atoms with E-state index in [-0.39, 0.29) is 25.2 Å². The minimum atomic E-state index is -0.497. The lowest BCUT2D eigenvalue weighted by Gasteiger charge is -2.07. The van der Waals surface area contributed by atoms with Crippen LogP contribution < -0.4 is 0 Å². The lowest BCUT2D eigenvalue weighted by Crippen LogP contribution is -2.13. The summed E-state index contributed by atoms with van der Waals surface area (Å²) in [5, 5.41) is 0. The molecule has 0 N–H and O–H groups in total. The van der Waals surface area contributed by atoms with Crippen molar-refractivity contribution in [2.75, 3.05) is 13.2 Å². The minimum Gasteiger partial charge on any atom is -0.466 e. The maximum atomic E-state index is 11.8. The Morgan fingerprint density at radius 1 is 1.10 bits per heavy atom. The van der Waals surface area contributed by atoms with Gasteiger partial charge in [0, 0.05) is 10.0 Å². The highest BCUT2D eigenvalue weighted by Gasteiger charge is 2.16. The van der Waals surface area contributed by atoms with Crippen LogP contribution in [-0.2, 0) is 19.1 Å². The average Bonchev–Trinajstić information content (AvgIpc) is 2.41. The first-order chi connectivity index (χ1) is 9.56. The van der Waals surface area contributed by atoms with Gasteiger partial charge in [0.05, 0.1) is 19.6 Å². The number of carbonyl (C=O) groups is 2. The van der Waals surface area contributed by atoms with E-state index in [4.69, 9.17) is 9.47 Å². The van der Waals surface area contributed by atoms with Crippen LogP contribution in [0.5, 0.6) is 0 Å². The number of hydrogen-bond donors (Lipinski definition) is 0. The second-order valence-electron chi connectivity index (χ2n) is 3.92. The highest BCUT2D eigenvalue weighted by molar-refractivity contribution is 9.10. The molecule has 0 saturated heterocycles. The zero-order valence-electron chi connectivity index (χ0n) is 11.5. The standard InChI is InChI=1S/C15H17BrO4/c1-3-19-14(17)10-12(15(18)20-4-2)9-11-5-7-13(16)8-6-11/h5-9H,3-4,10H2,1-2H3. The second-order valence-corrected chi connectivity index (χ2v) is 4.84. The highest BCUT2D eigenvalue weighted by atomic mass is 79.9. The molecule has 0 saturated carbocycles. The number of rotatable bonds is 6. The van der Waals surface area contributed by atoms with Gasteiger partial charge in [-0.15, -0.1) is 0 Å². The van der Waals surface area contributed by atoms with Crippen molar-refractivity contribution < 1.29 is 19.1 Å². The van der Waals surface area contributed by atoms with E-state index < -0.39 is 11.9 Å². The molecule has 5 heteroatoms. The average molecular weight is 341 g/mol. The van der Waals surface area contributed by atoms with Crippen molar-refractivity contribution in [2.24, 2.45) is 0 Å². The first-order valence-electron chi connectivity index (χ1n) is 6.35. The summed E-state index contributed by atoms with van der Waals surface area (Å²) in [7, 11) is 0. The van der Waals surface area contributed by atoms with E-state index >= 15 is 0 Å². The first kappa shape index (κ1) is 16.4. The molecule has 1 aromatic rings. The van der Waals surface area contributed by atoms with Crippen molar-refractivity contribution in [3.63, 3.8) is 0 Å². The lowest BCUT2D eigenvalue weighted by molar-refractivity contribution is -0.145. The molecule has 0 aliphatic heterocycles. The predicted octanol–water partition coefficient (Wildman–Crippen LogP) is 3.35. The fraction of sp³-hybridized carbons (Fsp3) is 0.333. The van der Waals surface area contributed by atoms with Crippen LogP contribution >= 0.6 is 15.9 Å². The third-order valence-corrected chi connectivity index (χ3v) is 2.92. The van der Waals surface area contributed by atoms with Crippen LogP contribution in [-0.4, -0.2) is 25.2 Å². The topological polar surface area (TPSA) is 52.6 Å². The Kier molecular flexibility index (Phi) is 7.01. The van der Waals surface area contributed by atoms with Crippen LogP contribution in [0.3, 0.4) is 0 Å². The normalized spacial score (nSPS) is 11.1. The van der Waals surface area contributed by atoms with Crippen molar-refractivity contribution in [3.8, 4) is 0 Å². The molecule has 1 rings (SSSR count). The Morgan fingerprint density at radius 2 is 1.70 bits per heavy atom. The van der Waals surface area contributed by atoms with Crippen LogP contribution in [0.15, 0.2) is 34.3 Å². The van der Waals surface area contributed by atoms with Gasteiger partial charge in [-0.1, -0.05) is 28.1 Å². The molecule has 20 heavy (non-hydrogen) atoms. The van der Waals surface area contributed by atoms with E-state index in [2.05, 4.69) is 15.9 Å². The molecule has 0 unspecified atom stereocenters. The largest absolute Gasteiger partial charge is 0.466 e. The summed E-state index contributed by atoms with van der Waals surface area (Å²) in [5.74, 6) is -0.938. The Bertz CT molecular complexity index is 491. The van der Waals surface area contributed by atoms with Gasteiger partial charge in [0.25, 0.3) is 0 Å². The molecule has 108 valence electrons. The summed E-state index contributed by atoms with van der Waals surface area (Å²) in [6, 6.07) is 7.40. The molecule has 0 aliphatic carbocycles. The first-order valence-corrected chi connectivity index (χ1v) is 7.15. The minimum absolute atomic E-state index is 0.0945. The van der Waals surface area contributed by atoms with Crippen molar-refractivity contribution in [3.05, 3.63) is 39.9 Å². The molecule has 0 aromatic heterocycles. The quantitative estimate of drug-likeness (QED) is 0.588. The number of ether oxygens (including phenoxy) is 2. The summed E-state index contributed by atoms with van der Waals surface area (Å²) in [6.45, 7) is 3.99. The predicted molar refractivity (Wildman–Crippen MR) is 80.0 cm³/mol. The molecule has 1 aromatic carbocycles. The number of carbonyl (C=O) groups excluding carboxylic acids is 2. The van der Waals surface area contributed by atoms with Gasteiger partial charge in [0.15, 0.2) is 0 Å². The molecule has 0 atom stereocenters. The van der Waals surface area contributed by atoms with Gasteiger partial charge in [0.2, 0.25) is 0 Å².